The van der Waals surface area contributed by atoms with Gasteiger partial charge in [0, 0.05) is 18.7 Å². The Morgan fingerprint density at radius 3 is 2.89 bits per heavy atom. The monoisotopic (exact) mass is 258 g/mol. The minimum atomic E-state index is -0.195. The highest BCUT2D eigenvalue weighted by atomic mass is 16.2. The number of aryl methyl sites for hydroxylation is 2. The third-order valence-electron chi connectivity index (χ3n) is 3.98. The van der Waals surface area contributed by atoms with E-state index in [2.05, 4.69) is 35.3 Å². The second kappa shape index (κ2) is 4.68. The van der Waals surface area contributed by atoms with Gasteiger partial charge in [-0.05, 0) is 37.8 Å². The molecule has 1 saturated heterocycles. The van der Waals surface area contributed by atoms with Gasteiger partial charge >= 0.3 is 0 Å². The van der Waals surface area contributed by atoms with Crippen molar-refractivity contribution in [1.29, 1.82) is 0 Å². The van der Waals surface area contributed by atoms with Gasteiger partial charge in [0.15, 0.2) is 0 Å². The van der Waals surface area contributed by atoms with Gasteiger partial charge in [-0.15, -0.1) is 0 Å². The summed E-state index contributed by atoms with van der Waals surface area (Å²) in [4.78, 5) is 25.4. The Morgan fingerprint density at radius 1 is 1.26 bits per heavy atom. The molecular formula is C15H18N2O2. The molecule has 0 spiro atoms. The van der Waals surface area contributed by atoms with E-state index >= 15 is 0 Å². The zero-order chi connectivity index (χ0) is 13.4. The van der Waals surface area contributed by atoms with Gasteiger partial charge in [0.1, 0.15) is 6.04 Å². The molecule has 1 N–H and O–H groups in total. The molecule has 2 amide bonds. The van der Waals surface area contributed by atoms with Gasteiger partial charge in [0.2, 0.25) is 11.8 Å². The summed E-state index contributed by atoms with van der Waals surface area (Å²) in [5, 5.41) is 2.45. The first kappa shape index (κ1) is 12.2. The number of imide groups is 1. The maximum atomic E-state index is 12.0. The van der Waals surface area contributed by atoms with E-state index in [1.54, 1.807) is 0 Å². The van der Waals surface area contributed by atoms with E-state index in [0.29, 0.717) is 12.8 Å². The highest BCUT2D eigenvalue weighted by Gasteiger charge is 2.33. The van der Waals surface area contributed by atoms with Gasteiger partial charge in [-0.3, -0.25) is 14.9 Å². The third kappa shape index (κ3) is 2.23. The Bertz CT molecular complexity index is 539. The van der Waals surface area contributed by atoms with Crippen LogP contribution in [0.2, 0.25) is 0 Å². The summed E-state index contributed by atoms with van der Waals surface area (Å²) in [5.41, 5.74) is 3.73. The fraction of sp³-hybridized carbons (Fsp3) is 0.467. The van der Waals surface area contributed by atoms with Crippen LogP contribution in [0.4, 0.5) is 5.69 Å². The molecule has 19 heavy (non-hydrogen) atoms. The predicted octanol–water partition coefficient (Wildman–Crippen LogP) is 1.55. The Labute approximate surface area is 112 Å². The molecule has 1 aromatic rings. The quantitative estimate of drug-likeness (QED) is 0.778. The van der Waals surface area contributed by atoms with Crippen LogP contribution >= 0.6 is 0 Å². The number of amides is 2. The van der Waals surface area contributed by atoms with Crippen molar-refractivity contribution >= 4 is 17.5 Å². The molecule has 0 saturated carbocycles. The number of anilines is 1. The average molecular weight is 258 g/mol. The lowest BCUT2D eigenvalue weighted by Crippen LogP contribution is -2.53. The number of hydrogen-bond acceptors (Lipinski definition) is 3. The molecule has 1 unspecified atom stereocenters. The van der Waals surface area contributed by atoms with Crippen molar-refractivity contribution in [2.24, 2.45) is 0 Å². The summed E-state index contributed by atoms with van der Waals surface area (Å²) < 4.78 is 0. The summed E-state index contributed by atoms with van der Waals surface area (Å²) in [5.74, 6) is -0.299. The van der Waals surface area contributed by atoms with E-state index in [0.717, 1.165) is 25.1 Å². The molecule has 4 heteroatoms. The number of benzene rings is 1. The van der Waals surface area contributed by atoms with E-state index in [9.17, 15) is 9.59 Å². The van der Waals surface area contributed by atoms with Crippen LogP contribution in [-0.4, -0.2) is 24.4 Å². The third-order valence-corrected chi connectivity index (χ3v) is 3.98. The van der Waals surface area contributed by atoms with E-state index in [1.165, 1.54) is 11.1 Å². The van der Waals surface area contributed by atoms with Gasteiger partial charge in [-0.1, -0.05) is 17.7 Å². The molecule has 4 nitrogen and oxygen atoms in total. The number of carbonyl (C=O) groups excluding carboxylic acids is 2. The SMILES string of the molecule is Cc1ccc2c(c1)CCCN2C1CCC(=O)NC1=O. The predicted molar refractivity (Wildman–Crippen MR) is 73.0 cm³/mol. The van der Waals surface area contributed by atoms with Crippen molar-refractivity contribution in [1.82, 2.24) is 5.32 Å². The number of piperidine rings is 1. The molecule has 0 radical (unpaired) electrons. The Balaban J connectivity index is 1.91. The second-order valence-corrected chi connectivity index (χ2v) is 5.40. The van der Waals surface area contributed by atoms with Gasteiger partial charge < -0.3 is 4.90 Å². The molecule has 2 aliphatic rings. The molecule has 0 bridgehead atoms. The largest absolute Gasteiger partial charge is 0.359 e. The zero-order valence-corrected chi connectivity index (χ0v) is 11.1. The van der Waals surface area contributed by atoms with Crippen molar-refractivity contribution < 1.29 is 9.59 Å². The number of rotatable bonds is 1. The number of fused-ring (bicyclic) bond motifs is 1. The van der Waals surface area contributed by atoms with Crippen LogP contribution in [0.3, 0.4) is 0 Å². The van der Waals surface area contributed by atoms with Crippen LogP contribution in [0.1, 0.15) is 30.4 Å². The number of nitrogens with zero attached hydrogens (tertiary/aromatic N) is 1. The van der Waals surface area contributed by atoms with Crippen molar-refractivity contribution in [2.45, 2.75) is 38.6 Å². The summed E-state index contributed by atoms with van der Waals surface area (Å²) >= 11 is 0. The highest BCUT2D eigenvalue weighted by molar-refractivity contribution is 6.01. The van der Waals surface area contributed by atoms with Crippen molar-refractivity contribution in [3.05, 3.63) is 29.3 Å². The van der Waals surface area contributed by atoms with Gasteiger partial charge in [0.25, 0.3) is 0 Å². The lowest BCUT2D eigenvalue weighted by Gasteiger charge is -2.38. The first-order valence-corrected chi connectivity index (χ1v) is 6.85. The van der Waals surface area contributed by atoms with Gasteiger partial charge in [-0.25, -0.2) is 0 Å². The Morgan fingerprint density at radius 2 is 2.11 bits per heavy atom. The molecule has 3 rings (SSSR count). The van der Waals surface area contributed by atoms with Crippen LogP contribution in [0, 0.1) is 6.92 Å². The smallest absolute Gasteiger partial charge is 0.249 e. The minimum absolute atomic E-state index is 0.148. The molecule has 100 valence electrons. The molecule has 2 aliphatic heterocycles. The first-order valence-electron chi connectivity index (χ1n) is 6.85. The first-order chi connectivity index (χ1) is 9.15. The highest BCUT2D eigenvalue weighted by Crippen LogP contribution is 2.31. The maximum absolute atomic E-state index is 12.0. The number of carbonyl (C=O) groups is 2. The fourth-order valence-corrected chi connectivity index (χ4v) is 3.06. The van der Waals surface area contributed by atoms with Gasteiger partial charge in [0.05, 0.1) is 0 Å². The molecule has 2 heterocycles. The van der Waals surface area contributed by atoms with Crippen LogP contribution < -0.4 is 10.2 Å². The van der Waals surface area contributed by atoms with E-state index in [1.807, 2.05) is 0 Å². The topological polar surface area (TPSA) is 49.4 Å². The lowest BCUT2D eigenvalue weighted by atomic mass is 9.95. The molecule has 1 aromatic carbocycles. The summed E-state index contributed by atoms with van der Waals surface area (Å²) in [6, 6.07) is 6.20. The minimum Gasteiger partial charge on any atom is -0.359 e. The standard InChI is InChI=1S/C15H18N2O2/c1-10-4-5-12-11(9-10)3-2-8-17(12)13-6-7-14(18)16-15(13)19/h4-5,9,13H,2-3,6-8H2,1H3,(H,16,18,19). The van der Waals surface area contributed by atoms with Gasteiger partial charge in [-0.2, -0.15) is 0 Å². The van der Waals surface area contributed by atoms with Crippen molar-refractivity contribution in [3.63, 3.8) is 0 Å². The summed E-state index contributed by atoms with van der Waals surface area (Å²) in [6.07, 6.45) is 3.20. The van der Waals surface area contributed by atoms with Crippen LogP contribution in [-0.2, 0) is 16.0 Å². The number of hydrogen-bond donors (Lipinski definition) is 1. The van der Waals surface area contributed by atoms with Crippen molar-refractivity contribution in [2.75, 3.05) is 11.4 Å². The normalized spacial score (nSPS) is 23.0. The van der Waals surface area contributed by atoms with Crippen molar-refractivity contribution in [3.8, 4) is 0 Å². The maximum Gasteiger partial charge on any atom is 0.249 e. The second-order valence-electron chi connectivity index (χ2n) is 5.40. The van der Waals surface area contributed by atoms with Crippen LogP contribution in [0.15, 0.2) is 18.2 Å². The Kier molecular flexibility index (Phi) is 3.01. The molecule has 0 aromatic heterocycles. The zero-order valence-electron chi connectivity index (χ0n) is 11.1. The van der Waals surface area contributed by atoms with Crippen LogP contribution in [0.25, 0.3) is 0 Å². The average Bonchev–Trinajstić information content (AvgIpc) is 2.38. The molecule has 1 atom stereocenters. The number of nitrogens with one attached hydrogen (secondary N) is 1. The van der Waals surface area contributed by atoms with E-state index in [-0.39, 0.29) is 17.9 Å². The van der Waals surface area contributed by atoms with E-state index in [4.69, 9.17) is 0 Å². The summed E-state index contributed by atoms with van der Waals surface area (Å²) in [6.45, 7) is 2.98. The lowest BCUT2D eigenvalue weighted by molar-refractivity contribution is -0.134. The van der Waals surface area contributed by atoms with E-state index < -0.39 is 0 Å². The molecule has 1 fully saturated rings. The fourth-order valence-electron chi connectivity index (χ4n) is 3.06. The summed E-state index contributed by atoms with van der Waals surface area (Å²) in [7, 11) is 0. The molecular weight excluding hydrogens is 240 g/mol. The molecule has 0 aliphatic carbocycles. The van der Waals surface area contributed by atoms with Crippen LogP contribution in [0.5, 0.6) is 0 Å². The Hall–Kier alpha value is -1.84.